The van der Waals surface area contributed by atoms with Gasteiger partial charge in [-0.15, -0.1) is 0 Å². The third-order valence-corrected chi connectivity index (χ3v) is 8.33. The van der Waals surface area contributed by atoms with Crippen molar-refractivity contribution >= 4 is 28.8 Å². The van der Waals surface area contributed by atoms with Crippen LogP contribution in [0.4, 0.5) is 10.3 Å². The minimum atomic E-state index is -0.389. The maximum Gasteiger partial charge on any atom is 0.257 e. The molecule has 10 heteroatoms. The van der Waals surface area contributed by atoms with Gasteiger partial charge in [-0.2, -0.15) is 0 Å². The number of carbonyl (C=O) groups excluding carboxylic acids is 2. The number of nitrogens with one attached hydrogen (secondary N) is 1. The van der Waals surface area contributed by atoms with Gasteiger partial charge in [0.05, 0.1) is 37.5 Å². The molecular formula is C30H36FN5O4. The second kappa shape index (κ2) is 12.0. The highest BCUT2D eigenvalue weighted by Crippen LogP contribution is 2.38. The smallest absolute Gasteiger partial charge is 0.257 e. The van der Waals surface area contributed by atoms with Crippen molar-refractivity contribution in [2.45, 2.75) is 38.3 Å². The van der Waals surface area contributed by atoms with Crippen molar-refractivity contribution in [3.63, 3.8) is 0 Å². The second-order valence-corrected chi connectivity index (χ2v) is 10.9. The normalized spacial score (nSPS) is 22.4. The number of aromatic nitrogens is 2. The van der Waals surface area contributed by atoms with Crippen LogP contribution in [-0.4, -0.2) is 83.8 Å². The summed E-state index contributed by atoms with van der Waals surface area (Å²) in [5.41, 5.74) is 3.34. The molecular weight excluding hydrogens is 513 g/mol. The van der Waals surface area contributed by atoms with Crippen molar-refractivity contribution in [3.8, 4) is 0 Å². The number of hydrogen-bond acceptors (Lipinski definition) is 6. The third kappa shape index (κ3) is 5.89. The van der Waals surface area contributed by atoms with Crippen molar-refractivity contribution in [2.75, 3.05) is 57.9 Å². The van der Waals surface area contributed by atoms with Crippen molar-refractivity contribution in [1.82, 2.24) is 19.4 Å². The maximum absolute atomic E-state index is 13.4. The lowest BCUT2D eigenvalue weighted by Crippen LogP contribution is -2.44. The first kappa shape index (κ1) is 26.9. The number of imidazole rings is 1. The van der Waals surface area contributed by atoms with Gasteiger partial charge in [0, 0.05) is 50.2 Å². The Kier molecular flexibility index (Phi) is 8.08. The van der Waals surface area contributed by atoms with E-state index in [-0.39, 0.29) is 29.6 Å². The van der Waals surface area contributed by atoms with Gasteiger partial charge in [-0.3, -0.25) is 19.8 Å². The Bertz CT molecular complexity index is 1340. The predicted molar refractivity (Wildman–Crippen MR) is 149 cm³/mol. The van der Waals surface area contributed by atoms with Crippen molar-refractivity contribution in [2.24, 2.45) is 5.92 Å². The molecule has 3 aromatic rings. The summed E-state index contributed by atoms with van der Waals surface area (Å²) in [5, 5.41) is 2.99. The molecule has 3 aliphatic rings. The average molecular weight is 550 g/mol. The van der Waals surface area contributed by atoms with E-state index >= 15 is 0 Å². The molecule has 3 fully saturated rings. The topological polar surface area (TPSA) is 88.9 Å². The number of halogens is 1. The van der Waals surface area contributed by atoms with Crippen molar-refractivity contribution in [3.05, 3.63) is 59.4 Å². The lowest BCUT2D eigenvalue weighted by Gasteiger charge is -2.34. The summed E-state index contributed by atoms with van der Waals surface area (Å²) in [4.78, 5) is 35.4. The molecule has 1 aliphatic carbocycles. The Morgan fingerprint density at radius 1 is 0.900 bits per heavy atom. The summed E-state index contributed by atoms with van der Waals surface area (Å²) in [6.07, 6.45) is 3.22. The van der Waals surface area contributed by atoms with Crippen LogP contribution in [0.5, 0.6) is 0 Å². The van der Waals surface area contributed by atoms with E-state index in [1.165, 1.54) is 29.8 Å². The van der Waals surface area contributed by atoms with Gasteiger partial charge >= 0.3 is 0 Å². The lowest BCUT2D eigenvalue weighted by molar-refractivity contribution is -0.140. The fourth-order valence-electron chi connectivity index (χ4n) is 6.11. The zero-order valence-electron chi connectivity index (χ0n) is 22.7. The van der Waals surface area contributed by atoms with Crippen LogP contribution in [0.25, 0.3) is 11.0 Å². The third-order valence-electron chi connectivity index (χ3n) is 8.33. The number of fused-ring (bicyclic) bond motifs is 1. The Morgan fingerprint density at radius 2 is 1.57 bits per heavy atom. The van der Waals surface area contributed by atoms with Crippen LogP contribution in [0.2, 0.25) is 0 Å². The Labute approximate surface area is 233 Å². The number of anilines is 1. The number of morpholine rings is 2. The summed E-state index contributed by atoms with van der Waals surface area (Å²) >= 11 is 0. The fourth-order valence-corrected chi connectivity index (χ4v) is 6.11. The summed E-state index contributed by atoms with van der Waals surface area (Å²) in [7, 11) is 0. The molecule has 212 valence electrons. The SMILES string of the molecule is O=C(Nc1nc2ccc(CN3CCOCC3)cc2n1C1CCC(C(=O)N2CCOCC2)CC1)c1ccc(F)cc1. The molecule has 0 bridgehead atoms. The Morgan fingerprint density at radius 3 is 2.27 bits per heavy atom. The van der Waals surface area contributed by atoms with E-state index in [2.05, 4.69) is 26.9 Å². The van der Waals surface area contributed by atoms with Crippen LogP contribution in [0.3, 0.4) is 0 Å². The molecule has 1 aromatic heterocycles. The van der Waals surface area contributed by atoms with Gasteiger partial charge in [-0.05, 0) is 67.6 Å². The first-order valence-corrected chi connectivity index (χ1v) is 14.3. The number of hydrogen-bond donors (Lipinski definition) is 1. The van der Waals surface area contributed by atoms with Gasteiger partial charge in [-0.25, -0.2) is 9.37 Å². The molecule has 1 saturated carbocycles. The lowest BCUT2D eigenvalue weighted by atomic mass is 9.84. The van der Waals surface area contributed by atoms with E-state index in [9.17, 15) is 14.0 Å². The molecule has 6 rings (SSSR count). The number of amides is 2. The maximum atomic E-state index is 13.4. The molecule has 2 saturated heterocycles. The van der Waals surface area contributed by atoms with Crippen molar-refractivity contribution < 1.29 is 23.5 Å². The van der Waals surface area contributed by atoms with E-state index in [1.807, 2.05) is 11.0 Å². The van der Waals surface area contributed by atoms with E-state index in [0.29, 0.717) is 37.8 Å². The van der Waals surface area contributed by atoms with E-state index < -0.39 is 0 Å². The van der Waals surface area contributed by atoms with E-state index in [4.69, 9.17) is 14.5 Å². The summed E-state index contributed by atoms with van der Waals surface area (Å²) in [6, 6.07) is 11.9. The van der Waals surface area contributed by atoms with Gasteiger partial charge in [-0.1, -0.05) is 6.07 Å². The van der Waals surface area contributed by atoms with Gasteiger partial charge in [0.15, 0.2) is 0 Å². The summed E-state index contributed by atoms with van der Waals surface area (Å²) in [5.74, 6) is 0.00481. The van der Waals surface area contributed by atoms with Crippen LogP contribution in [0.15, 0.2) is 42.5 Å². The van der Waals surface area contributed by atoms with E-state index in [1.54, 1.807) is 0 Å². The molecule has 1 N–H and O–H groups in total. The minimum Gasteiger partial charge on any atom is -0.379 e. The molecule has 2 aliphatic heterocycles. The van der Waals surface area contributed by atoms with Crippen LogP contribution in [-0.2, 0) is 20.8 Å². The number of nitrogens with zero attached hydrogens (tertiary/aromatic N) is 4. The molecule has 40 heavy (non-hydrogen) atoms. The molecule has 0 radical (unpaired) electrons. The Balaban J connectivity index is 1.26. The van der Waals surface area contributed by atoms with Crippen LogP contribution >= 0.6 is 0 Å². The standard InChI is InChI=1S/C30H36FN5O4/c31-24-6-2-22(3-7-24)28(37)33-30-32-26-10-1-21(20-34-11-15-39-16-12-34)19-27(26)36(30)25-8-4-23(5-9-25)29(38)35-13-17-40-18-14-35/h1-3,6-7,10,19,23,25H,4-5,8-9,11-18,20H2,(H,32,33,37). The number of benzene rings is 2. The molecule has 2 aromatic carbocycles. The highest BCUT2D eigenvalue weighted by molar-refractivity contribution is 6.04. The van der Waals surface area contributed by atoms with E-state index in [0.717, 1.165) is 69.6 Å². The fraction of sp³-hybridized carbons (Fsp3) is 0.500. The molecule has 2 amide bonds. The molecule has 0 spiro atoms. The van der Waals surface area contributed by atoms with Gasteiger partial charge < -0.3 is 18.9 Å². The van der Waals surface area contributed by atoms with Crippen LogP contribution < -0.4 is 5.32 Å². The first-order chi connectivity index (χ1) is 19.5. The second-order valence-electron chi connectivity index (χ2n) is 10.9. The Hall–Kier alpha value is -3.34. The number of rotatable bonds is 6. The van der Waals surface area contributed by atoms with Gasteiger partial charge in [0.2, 0.25) is 11.9 Å². The van der Waals surface area contributed by atoms with Gasteiger partial charge in [0.1, 0.15) is 5.82 Å². The molecule has 0 atom stereocenters. The highest BCUT2D eigenvalue weighted by atomic mass is 19.1. The minimum absolute atomic E-state index is 0.0123. The quantitative estimate of drug-likeness (QED) is 0.503. The number of ether oxygens (including phenoxy) is 2. The summed E-state index contributed by atoms with van der Waals surface area (Å²) < 4.78 is 26.5. The molecule has 3 heterocycles. The van der Waals surface area contributed by atoms with Crippen LogP contribution in [0, 0.1) is 11.7 Å². The highest BCUT2D eigenvalue weighted by Gasteiger charge is 2.32. The van der Waals surface area contributed by atoms with Crippen molar-refractivity contribution in [1.29, 1.82) is 0 Å². The first-order valence-electron chi connectivity index (χ1n) is 14.3. The number of carbonyl (C=O) groups is 2. The zero-order chi connectivity index (χ0) is 27.5. The molecule has 0 unspecified atom stereocenters. The van der Waals surface area contributed by atoms with Gasteiger partial charge in [0.25, 0.3) is 5.91 Å². The van der Waals surface area contributed by atoms with Crippen LogP contribution in [0.1, 0.15) is 47.6 Å². The largest absolute Gasteiger partial charge is 0.379 e. The summed E-state index contributed by atoms with van der Waals surface area (Å²) in [6.45, 7) is 6.64. The average Bonchev–Trinajstić information content (AvgIpc) is 3.35. The predicted octanol–water partition coefficient (Wildman–Crippen LogP) is 3.85. The zero-order valence-corrected chi connectivity index (χ0v) is 22.7. The molecule has 9 nitrogen and oxygen atoms in total. The monoisotopic (exact) mass is 549 g/mol.